The topological polar surface area (TPSA) is 42.2 Å². The summed E-state index contributed by atoms with van der Waals surface area (Å²) in [6, 6.07) is 9.05. The third-order valence-corrected chi connectivity index (χ3v) is 2.46. The number of halogens is 1. The summed E-state index contributed by atoms with van der Waals surface area (Å²) in [6.45, 7) is 1.83. The van der Waals surface area contributed by atoms with Gasteiger partial charge in [-0.2, -0.15) is 0 Å². The van der Waals surface area contributed by atoms with Crippen molar-refractivity contribution in [2.24, 2.45) is 0 Å². The van der Waals surface area contributed by atoms with Gasteiger partial charge in [0.05, 0.1) is 12.3 Å². The van der Waals surface area contributed by atoms with Crippen LogP contribution in [0.3, 0.4) is 0 Å². The lowest BCUT2D eigenvalue weighted by molar-refractivity contribution is 0.0912. The lowest BCUT2D eigenvalue weighted by Gasteiger charge is -2.13. The second-order valence-corrected chi connectivity index (χ2v) is 3.72. The fraction of sp³-hybridized carbons (Fsp3) is 0.154. The van der Waals surface area contributed by atoms with Gasteiger partial charge in [-0.15, -0.1) is 0 Å². The number of nitrogens with one attached hydrogen (secondary N) is 1. The Morgan fingerprint density at radius 1 is 1.29 bits per heavy atom. The minimum Gasteiger partial charge on any atom is -0.459 e. The minimum absolute atomic E-state index is 0.201. The van der Waals surface area contributed by atoms with Crippen molar-refractivity contribution < 1.29 is 13.6 Å². The highest BCUT2D eigenvalue weighted by molar-refractivity contribution is 5.91. The molecule has 17 heavy (non-hydrogen) atoms. The molecule has 3 nitrogen and oxygen atoms in total. The van der Waals surface area contributed by atoms with Gasteiger partial charge in [0, 0.05) is 0 Å². The van der Waals surface area contributed by atoms with Crippen LogP contribution in [0.4, 0.5) is 4.39 Å². The van der Waals surface area contributed by atoms with Crippen molar-refractivity contribution in [3.63, 3.8) is 0 Å². The average molecular weight is 233 g/mol. The number of rotatable bonds is 3. The normalized spacial score (nSPS) is 12.1. The van der Waals surface area contributed by atoms with E-state index in [0.29, 0.717) is 0 Å². The third-order valence-electron chi connectivity index (χ3n) is 2.46. The largest absolute Gasteiger partial charge is 0.459 e. The Labute approximate surface area is 98.3 Å². The van der Waals surface area contributed by atoms with E-state index in [1.54, 1.807) is 24.3 Å². The molecule has 4 heteroatoms. The van der Waals surface area contributed by atoms with Crippen molar-refractivity contribution in [2.75, 3.05) is 0 Å². The van der Waals surface area contributed by atoms with Crippen molar-refractivity contribution in [1.82, 2.24) is 5.32 Å². The number of carbonyl (C=O) groups excluding carboxylic acids is 1. The van der Waals surface area contributed by atoms with Gasteiger partial charge in [0.15, 0.2) is 5.76 Å². The molecule has 2 aromatic rings. The maximum atomic E-state index is 12.7. The summed E-state index contributed by atoms with van der Waals surface area (Å²) in [5.41, 5.74) is 0.839. The summed E-state index contributed by atoms with van der Waals surface area (Å²) in [5.74, 6) is -0.316. The lowest BCUT2D eigenvalue weighted by Crippen LogP contribution is -2.26. The molecule has 0 saturated heterocycles. The van der Waals surface area contributed by atoms with Crippen molar-refractivity contribution in [2.45, 2.75) is 13.0 Å². The van der Waals surface area contributed by atoms with Gasteiger partial charge in [0.25, 0.3) is 5.91 Å². The van der Waals surface area contributed by atoms with Gasteiger partial charge in [-0.05, 0) is 36.8 Å². The first-order valence-corrected chi connectivity index (χ1v) is 5.26. The van der Waals surface area contributed by atoms with Crippen LogP contribution in [-0.2, 0) is 0 Å². The summed E-state index contributed by atoms with van der Waals surface area (Å²) < 4.78 is 17.7. The summed E-state index contributed by atoms with van der Waals surface area (Å²) in [7, 11) is 0. The molecule has 1 atom stereocenters. The molecule has 1 unspecified atom stereocenters. The Bertz CT molecular complexity index is 491. The fourth-order valence-corrected chi connectivity index (χ4v) is 1.51. The Hall–Kier alpha value is -2.10. The highest BCUT2D eigenvalue weighted by atomic mass is 19.1. The molecule has 1 aromatic carbocycles. The van der Waals surface area contributed by atoms with Gasteiger partial charge in [-0.3, -0.25) is 4.79 Å². The molecule has 1 aromatic heterocycles. The summed E-state index contributed by atoms with van der Waals surface area (Å²) in [4.78, 5) is 11.7. The Balaban J connectivity index is 2.04. The quantitative estimate of drug-likeness (QED) is 0.885. The lowest BCUT2D eigenvalue weighted by atomic mass is 10.1. The smallest absolute Gasteiger partial charge is 0.287 e. The monoisotopic (exact) mass is 233 g/mol. The third kappa shape index (κ3) is 2.72. The molecule has 0 aliphatic carbocycles. The van der Waals surface area contributed by atoms with Crippen LogP contribution < -0.4 is 5.32 Å². The van der Waals surface area contributed by atoms with E-state index in [2.05, 4.69) is 5.32 Å². The van der Waals surface area contributed by atoms with Crippen LogP contribution in [0.1, 0.15) is 29.1 Å². The Morgan fingerprint density at radius 3 is 2.59 bits per heavy atom. The molecule has 0 bridgehead atoms. The predicted octanol–water partition coefficient (Wildman–Crippen LogP) is 2.91. The van der Waals surface area contributed by atoms with Crippen LogP contribution in [0.25, 0.3) is 0 Å². The Morgan fingerprint density at radius 2 is 2.00 bits per heavy atom. The van der Waals surface area contributed by atoms with E-state index in [0.717, 1.165) is 5.56 Å². The van der Waals surface area contributed by atoms with E-state index >= 15 is 0 Å². The molecule has 1 amide bonds. The predicted molar refractivity (Wildman–Crippen MR) is 61.0 cm³/mol. The summed E-state index contributed by atoms with van der Waals surface area (Å²) in [6.07, 6.45) is 1.44. The van der Waals surface area contributed by atoms with E-state index in [1.165, 1.54) is 18.4 Å². The number of carbonyl (C=O) groups is 1. The maximum Gasteiger partial charge on any atom is 0.287 e. The van der Waals surface area contributed by atoms with E-state index in [9.17, 15) is 9.18 Å². The van der Waals surface area contributed by atoms with Gasteiger partial charge in [0.1, 0.15) is 5.82 Å². The van der Waals surface area contributed by atoms with E-state index in [1.807, 2.05) is 6.92 Å². The minimum atomic E-state index is -0.293. The van der Waals surface area contributed by atoms with Crippen LogP contribution in [0, 0.1) is 5.82 Å². The van der Waals surface area contributed by atoms with Crippen LogP contribution >= 0.6 is 0 Å². The van der Waals surface area contributed by atoms with Crippen LogP contribution in [0.2, 0.25) is 0 Å². The molecule has 88 valence electrons. The van der Waals surface area contributed by atoms with Crippen molar-refractivity contribution >= 4 is 5.91 Å². The number of hydrogen-bond acceptors (Lipinski definition) is 2. The average Bonchev–Trinajstić information content (AvgIpc) is 2.83. The molecule has 1 N–H and O–H groups in total. The van der Waals surface area contributed by atoms with Crippen molar-refractivity contribution in [3.8, 4) is 0 Å². The zero-order valence-corrected chi connectivity index (χ0v) is 9.31. The van der Waals surface area contributed by atoms with Gasteiger partial charge in [-0.25, -0.2) is 4.39 Å². The molecule has 0 fully saturated rings. The molecule has 0 aliphatic rings. The molecule has 2 rings (SSSR count). The van der Waals surface area contributed by atoms with Gasteiger partial charge >= 0.3 is 0 Å². The molecular formula is C13H12FNO2. The second-order valence-electron chi connectivity index (χ2n) is 3.72. The SMILES string of the molecule is CC(NC(=O)c1ccco1)c1ccc(F)cc1. The zero-order valence-electron chi connectivity index (χ0n) is 9.31. The van der Waals surface area contributed by atoms with Crippen LogP contribution in [0.5, 0.6) is 0 Å². The molecule has 0 radical (unpaired) electrons. The summed E-state index contributed by atoms with van der Waals surface area (Å²) >= 11 is 0. The van der Waals surface area contributed by atoms with E-state index in [4.69, 9.17) is 4.42 Å². The highest BCUT2D eigenvalue weighted by Gasteiger charge is 2.13. The van der Waals surface area contributed by atoms with Gasteiger partial charge in [-0.1, -0.05) is 12.1 Å². The first kappa shape index (κ1) is 11.4. The van der Waals surface area contributed by atoms with Crippen molar-refractivity contribution in [3.05, 3.63) is 59.8 Å². The van der Waals surface area contributed by atoms with E-state index < -0.39 is 0 Å². The van der Waals surface area contributed by atoms with Gasteiger partial charge < -0.3 is 9.73 Å². The molecule has 0 aliphatic heterocycles. The highest BCUT2D eigenvalue weighted by Crippen LogP contribution is 2.13. The Kier molecular flexibility index (Phi) is 3.23. The summed E-state index contributed by atoms with van der Waals surface area (Å²) in [5, 5.41) is 2.76. The maximum absolute atomic E-state index is 12.7. The zero-order chi connectivity index (χ0) is 12.3. The fourth-order valence-electron chi connectivity index (χ4n) is 1.51. The first-order valence-electron chi connectivity index (χ1n) is 5.26. The first-order chi connectivity index (χ1) is 8.16. The van der Waals surface area contributed by atoms with Crippen molar-refractivity contribution in [1.29, 1.82) is 0 Å². The van der Waals surface area contributed by atoms with Crippen LogP contribution in [0.15, 0.2) is 47.1 Å². The molecule has 0 spiro atoms. The number of amides is 1. The second kappa shape index (κ2) is 4.82. The number of benzene rings is 1. The molecular weight excluding hydrogens is 221 g/mol. The molecule has 0 saturated carbocycles. The number of hydrogen-bond donors (Lipinski definition) is 1. The molecule has 1 heterocycles. The standard InChI is InChI=1S/C13H12FNO2/c1-9(10-4-6-11(14)7-5-10)15-13(16)12-3-2-8-17-12/h2-9H,1H3,(H,15,16). The number of furan rings is 1. The van der Waals surface area contributed by atoms with Crippen LogP contribution in [-0.4, -0.2) is 5.91 Å². The van der Waals surface area contributed by atoms with E-state index in [-0.39, 0.29) is 23.5 Å². The van der Waals surface area contributed by atoms with Gasteiger partial charge in [0.2, 0.25) is 0 Å².